The van der Waals surface area contributed by atoms with Gasteiger partial charge in [0.15, 0.2) is 15.8 Å². The lowest BCUT2D eigenvalue weighted by Gasteiger charge is -2.10. The Morgan fingerprint density at radius 2 is 2.12 bits per heavy atom. The van der Waals surface area contributed by atoms with Crippen LogP contribution in [0.4, 0.5) is 10.8 Å². The van der Waals surface area contributed by atoms with Crippen molar-refractivity contribution in [1.82, 2.24) is 10.2 Å². The van der Waals surface area contributed by atoms with Crippen LogP contribution >= 0.6 is 23.1 Å². The number of carbonyl (C=O) groups excluding carboxylic acids is 1. The fraction of sp³-hybridized carbons (Fsp3) is 0.438. The summed E-state index contributed by atoms with van der Waals surface area (Å²) in [5, 5.41) is 15.0. The van der Waals surface area contributed by atoms with Crippen LogP contribution in [0.3, 0.4) is 0 Å². The van der Waals surface area contributed by atoms with Crippen molar-refractivity contribution in [2.75, 3.05) is 36.1 Å². The van der Waals surface area contributed by atoms with Crippen LogP contribution in [0.5, 0.6) is 11.5 Å². The van der Waals surface area contributed by atoms with E-state index in [4.69, 9.17) is 9.47 Å². The number of fused-ring (bicyclic) bond motifs is 1. The number of carbonyl (C=O) groups is 1. The third kappa shape index (κ3) is 5.23. The van der Waals surface area contributed by atoms with Gasteiger partial charge in [0, 0.05) is 24.7 Å². The topological polar surface area (TPSA) is 85.4 Å². The lowest BCUT2D eigenvalue weighted by atomic mass is 10.2. The Balaban J connectivity index is 1.50. The third-order valence-electron chi connectivity index (χ3n) is 3.29. The van der Waals surface area contributed by atoms with Gasteiger partial charge in [0.25, 0.3) is 0 Å². The molecule has 1 aliphatic heterocycles. The van der Waals surface area contributed by atoms with Crippen molar-refractivity contribution < 1.29 is 14.3 Å². The smallest absolute Gasteiger partial charge is 0.234 e. The molecule has 7 nitrogen and oxygen atoms in total. The van der Waals surface area contributed by atoms with Crippen molar-refractivity contribution >= 4 is 39.8 Å². The summed E-state index contributed by atoms with van der Waals surface area (Å²) in [7, 11) is 0. The minimum Gasteiger partial charge on any atom is -0.490 e. The molecule has 25 heavy (non-hydrogen) atoms. The SMILES string of the molecule is CCCNc1nnc(SCC(=O)Nc2ccc3c(c2)OCCCO3)s1. The summed E-state index contributed by atoms with van der Waals surface area (Å²) in [6.45, 7) is 4.22. The van der Waals surface area contributed by atoms with Crippen molar-refractivity contribution in [3.63, 3.8) is 0 Å². The number of nitrogens with one attached hydrogen (secondary N) is 2. The van der Waals surface area contributed by atoms with Crippen molar-refractivity contribution in [1.29, 1.82) is 0 Å². The molecule has 2 heterocycles. The van der Waals surface area contributed by atoms with Crippen molar-refractivity contribution in [2.45, 2.75) is 24.1 Å². The van der Waals surface area contributed by atoms with Crippen LogP contribution in [0, 0.1) is 0 Å². The second-order valence-electron chi connectivity index (χ2n) is 5.35. The summed E-state index contributed by atoms with van der Waals surface area (Å²) in [6.07, 6.45) is 1.88. The van der Waals surface area contributed by atoms with Gasteiger partial charge in [-0.3, -0.25) is 4.79 Å². The zero-order valence-electron chi connectivity index (χ0n) is 13.9. The van der Waals surface area contributed by atoms with Crippen LogP contribution in [0.25, 0.3) is 0 Å². The Morgan fingerprint density at radius 3 is 2.96 bits per heavy atom. The van der Waals surface area contributed by atoms with E-state index in [1.807, 2.05) is 12.1 Å². The van der Waals surface area contributed by atoms with E-state index < -0.39 is 0 Å². The molecule has 0 saturated carbocycles. The van der Waals surface area contributed by atoms with Crippen molar-refractivity contribution in [3.05, 3.63) is 18.2 Å². The summed E-state index contributed by atoms with van der Waals surface area (Å²) in [5.41, 5.74) is 0.692. The van der Waals surface area contributed by atoms with Gasteiger partial charge in [0.2, 0.25) is 11.0 Å². The molecule has 9 heteroatoms. The fourth-order valence-corrected chi connectivity index (χ4v) is 3.71. The van der Waals surface area contributed by atoms with E-state index in [2.05, 4.69) is 27.8 Å². The molecule has 0 saturated heterocycles. The van der Waals surface area contributed by atoms with Crippen LogP contribution in [-0.4, -0.2) is 41.6 Å². The van der Waals surface area contributed by atoms with Gasteiger partial charge in [-0.1, -0.05) is 30.0 Å². The van der Waals surface area contributed by atoms with Gasteiger partial charge in [0.1, 0.15) is 0 Å². The first-order chi connectivity index (χ1) is 12.2. The number of amides is 1. The predicted octanol–water partition coefficient (Wildman–Crippen LogP) is 3.25. The first-order valence-electron chi connectivity index (χ1n) is 8.14. The number of aromatic nitrogens is 2. The lowest BCUT2D eigenvalue weighted by Crippen LogP contribution is -2.14. The van der Waals surface area contributed by atoms with E-state index in [1.165, 1.54) is 23.1 Å². The molecular weight excluding hydrogens is 360 g/mol. The molecule has 0 bridgehead atoms. The van der Waals surface area contributed by atoms with Gasteiger partial charge < -0.3 is 20.1 Å². The molecule has 0 aliphatic carbocycles. The zero-order valence-corrected chi connectivity index (χ0v) is 15.5. The highest BCUT2D eigenvalue weighted by Crippen LogP contribution is 2.32. The molecule has 1 aliphatic rings. The summed E-state index contributed by atoms with van der Waals surface area (Å²) in [4.78, 5) is 12.1. The van der Waals surface area contributed by atoms with Gasteiger partial charge in [-0.25, -0.2) is 0 Å². The van der Waals surface area contributed by atoms with Gasteiger partial charge in [-0.15, -0.1) is 10.2 Å². The van der Waals surface area contributed by atoms with Crippen LogP contribution in [0.2, 0.25) is 0 Å². The van der Waals surface area contributed by atoms with Crippen LogP contribution < -0.4 is 20.1 Å². The van der Waals surface area contributed by atoms with Crippen molar-refractivity contribution in [2.24, 2.45) is 0 Å². The minimum absolute atomic E-state index is 0.0993. The highest BCUT2D eigenvalue weighted by molar-refractivity contribution is 8.01. The van der Waals surface area contributed by atoms with E-state index in [1.54, 1.807) is 6.07 Å². The first-order valence-corrected chi connectivity index (χ1v) is 9.94. The second-order valence-corrected chi connectivity index (χ2v) is 7.55. The van der Waals surface area contributed by atoms with Crippen LogP contribution in [0.1, 0.15) is 19.8 Å². The van der Waals surface area contributed by atoms with Gasteiger partial charge in [-0.2, -0.15) is 0 Å². The van der Waals surface area contributed by atoms with Gasteiger partial charge in [0.05, 0.1) is 19.0 Å². The molecule has 2 aromatic rings. The number of hydrogen-bond donors (Lipinski definition) is 2. The molecule has 0 atom stereocenters. The molecule has 0 fully saturated rings. The average molecular weight is 380 g/mol. The monoisotopic (exact) mass is 380 g/mol. The number of thioether (sulfide) groups is 1. The van der Waals surface area contributed by atoms with Gasteiger partial charge >= 0.3 is 0 Å². The molecule has 1 aromatic heterocycles. The van der Waals surface area contributed by atoms with E-state index in [-0.39, 0.29) is 11.7 Å². The Kier molecular flexibility index (Phi) is 6.35. The maximum atomic E-state index is 12.1. The fourth-order valence-electron chi connectivity index (χ4n) is 2.14. The average Bonchev–Trinajstić information content (AvgIpc) is 2.94. The van der Waals surface area contributed by atoms with E-state index in [9.17, 15) is 4.79 Å². The quantitative estimate of drug-likeness (QED) is 0.713. The molecule has 3 rings (SSSR count). The summed E-state index contributed by atoms with van der Waals surface area (Å²) < 4.78 is 12.0. The molecule has 0 spiro atoms. The first kappa shape index (κ1) is 17.8. The number of hydrogen-bond acceptors (Lipinski definition) is 8. The maximum Gasteiger partial charge on any atom is 0.234 e. The zero-order chi connectivity index (χ0) is 17.5. The molecule has 2 N–H and O–H groups in total. The van der Waals surface area contributed by atoms with E-state index >= 15 is 0 Å². The van der Waals surface area contributed by atoms with E-state index in [0.29, 0.717) is 30.4 Å². The highest BCUT2D eigenvalue weighted by Gasteiger charge is 2.13. The van der Waals surface area contributed by atoms with Crippen molar-refractivity contribution in [3.8, 4) is 11.5 Å². The number of rotatable bonds is 7. The standard InChI is InChI=1S/C16H20N4O3S2/c1-2-6-17-15-19-20-16(25-15)24-10-14(21)18-11-4-5-12-13(9-11)23-8-3-7-22-12/h4-5,9H,2-3,6-8,10H2,1H3,(H,17,19)(H,18,21). The normalized spacial score (nSPS) is 13.2. The molecular formula is C16H20N4O3S2. The number of benzene rings is 1. The van der Waals surface area contributed by atoms with Crippen LogP contribution in [0.15, 0.2) is 22.5 Å². The predicted molar refractivity (Wildman–Crippen MR) is 100 cm³/mol. The highest BCUT2D eigenvalue weighted by atomic mass is 32.2. The van der Waals surface area contributed by atoms with Crippen LogP contribution in [-0.2, 0) is 4.79 Å². The van der Waals surface area contributed by atoms with E-state index in [0.717, 1.165) is 28.9 Å². The largest absolute Gasteiger partial charge is 0.490 e. The Morgan fingerprint density at radius 1 is 1.28 bits per heavy atom. The lowest BCUT2D eigenvalue weighted by molar-refractivity contribution is -0.113. The maximum absolute atomic E-state index is 12.1. The van der Waals surface area contributed by atoms with Gasteiger partial charge in [-0.05, 0) is 18.6 Å². The summed E-state index contributed by atoms with van der Waals surface area (Å²) >= 11 is 2.83. The minimum atomic E-state index is -0.0993. The number of ether oxygens (including phenoxy) is 2. The third-order valence-corrected chi connectivity index (χ3v) is 5.30. The summed E-state index contributed by atoms with van der Waals surface area (Å²) in [6, 6.07) is 5.43. The summed E-state index contributed by atoms with van der Waals surface area (Å²) in [5.74, 6) is 1.55. The molecule has 1 amide bonds. The Bertz CT molecular complexity index is 723. The molecule has 134 valence electrons. The second kappa shape index (κ2) is 8.91. The molecule has 1 aromatic carbocycles. The number of anilines is 2. The Labute approximate surface area is 154 Å². The number of nitrogens with zero attached hydrogens (tertiary/aromatic N) is 2. The molecule has 0 unspecified atom stereocenters. The Hall–Kier alpha value is -2.00. The molecule has 0 radical (unpaired) electrons.